The molecular weight excluding hydrogens is 336 g/mol. The number of nitrogens with zero attached hydrogens (tertiary/aromatic N) is 1. The van der Waals surface area contributed by atoms with Crippen LogP contribution < -0.4 is 14.8 Å². The normalized spacial score (nSPS) is 10.3. The van der Waals surface area contributed by atoms with Crippen LogP contribution in [0.3, 0.4) is 0 Å². The molecule has 2 heterocycles. The van der Waals surface area contributed by atoms with Gasteiger partial charge in [-0.15, -0.1) is 11.3 Å². The Kier molecular flexibility index (Phi) is 5.30. The molecule has 0 fully saturated rings. The lowest BCUT2D eigenvalue weighted by Crippen LogP contribution is -2.22. The molecule has 5 nitrogen and oxygen atoms in total. The number of carbonyl (C=O) groups is 1. The van der Waals surface area contributed by atoms with Crippen molar-refractivity contribution in [3.63, 3.8) is 0 Å². The average Bonchev–Trinajstić information content (AvgIpc) is 3.20. The van der Waals surface area contributed by atoms with Crippen LogP contribution in [-0.2, 0) is 6.54 Å². The molecule has 0 bridgehead atoms. The minimum atomic E-state index is -0.171. The Labute approximate surface area is 150 Å². The molecule has 6 heteroatoms. The van der Waals surface area contributed by atoms with E-state index in [1.54, 1.807) is 50.0 Å². The summed E-state index contributed by atoms with van der Waals surface area (Å²) in [5.41, 5.74) is 2.42. The minimum Gasteiger partial charge on any atom is -0.493 e. The molecule has 0 atom stereocenters. The van der Waals surface area contributed by atoms with Crippen LogP contribution in [0.25, 0.3) is 10.6 Å². The van der Waals surface area contributed by atoms with E-state index in [0.29, 0.717) is 23.6 Å². The fraction of sp³-hybridized carbons (Fsp3) is 0.158. The van der Waals surface area contributed by atoms with Crippen molar-refractivity contribution in [2.75, 3.05) is 14.2 Å². The van der Waals surface area contributed by atoms with E-state index in [0.717, 1.165) is 16.1 Å². The summed E-state index contributed by atoms with van der Waals surface area (Å²) in [5, 5.41) is 4.93. The van der Waals surface area contributed by atoms with Gasteiger partial charge in [0.1, 0.15) is 0 Å². The van der Waals surface area contributed by atoms with Crippen LogP contribution in [-0.4, -0.2) is 25.1 Å². The number of rotatable bonds is 6. The number of benzene rings is 1. The smallest absolute Gasteiger partial charge is 0.251 e. The quantitative estimate of drug-likeness (QED) is 0.732. The number of pyridine rings is 1. The average molecular weight is 354 g/mol. The Bertz CT molecular complexity index is 863. The Balaban J connectivity index is 1.69. The maximum absolute atomic E-state index is 12.4. The van der Waals surface area contributed by atoms with Gasteiger partial charge in [0, 0.05) is 18.3 Å². The van der Waals surface area contributed by atoms with Crippen molar-refractivity contribution < 1.29 is 14.3 Å². The number of nitrogens with one attached hydrogen (secondary N) is 1. The summed E-state index contributed by atoms with van der Waals surface area (Å²) in [6.07, 6.45) is 1.76. The molecule has 2 aromatic heterocycles. The Morgan fingerprint density at radius 1 is 1.12 bits per heavy atom. The van der Waals surface area contributed by atoms with Gasteiger partial charge >= 0.3 is 0 Å². The maximum atomic E-state index is 12.4. The number of methoxy groups -OCH3 is 2. The van der Waals surface area contributed by atoms with Crippen LogP contribution in [0, 0.1) is 0 Å². The van der Waals surface area contributed by atoms with E-state index in [1.807, 2.05) is 29.6 Å². The zero-order valence-electron chi connectivity index (χ0n) is 14.0. The van der Waals surface area contributed by atoms with Crippen LogP contribution >= 0.6 is 11.3 Å². The van der Waals surface area contributed by atoms with E-state index in [9.17, 15) is 4.79 Å². The van der Waals surface area contributed by atoms with Crippen LogP contribution in [0.1, 0.15) is 15.9 Å². The molecule has 0 saturated heterocycles. The lowest BCUT2D eigenvalue weighted by Gasteiger charge is -2.10. The van der Waals surface area contributed by atoms with Gasteiger partial charge in [-0.25, -0.2) is 0 Å². The molecule has 0 saturated carbocycles. The summed E-state index contributed by atoms with van der Waals surface area (Å²) >= 11 is 1.64. The Morgan fingerprint density at radius 3 is 2.68 bits per heavy atom. The Morgan fingerprint density at radius 2 is 1.96 bits per heavy atom. The summed E-state index contributed by atoms with van der Waals surface area (Å²) in [6.45, 7) is 0.425. The zero-order valence-corrected chi connectivity index (χ0v) is 14.8. The molecule has 0 aliphatic heterocycles. The zero-order chi connectivity index (χ0) is 17.6. The Hall–Kier alpha value is -2.86. The summed E-state index contributed by atoms with van der Waals surface area (Å²) < 4.78 is 10.4. The second-order valence-electron chi connectivity index (χ2n) is 5.28. The highest BCUT2D eigenvalue weighted by Gasteiger charge is 2.11. The van der Waals surface area contributed by atoms with Crippen LogP contribution in [0.4, 0.5) is 0 Å². The first-order chi connectivity index (χ1) is 12.2. The first kappa shape index (κ1) is 17.0. The fourth-order valence-electron chi connectivity index (χ4n) is 2.41. The highest BCUT2D eigenvalue weighted by Crippen LogP contribution is 2.27. The van der Waals surface area contributed by atoms with Crippen molar-refractivity contribution in [3.05, 3.63) is 65.2 Å². The van der Waals surface area contributed by atoms with Gasteiger partial charge in [0.05, 0.1) is 24.8 Å². The first-order valence-electron chi connectivity index (χ1n) is 7.70. The van der Waals surface area contributed by atoms with Crippen molar-refractivity contribution in [1.29, 1.82) is 0 Å². The van der Waals surface area contributed by atoms with E-state index in [1.165, 1.54) is 0 Å². The molecule has 1 aromatic carbocycles. The number of thiophene rings is 1. The van der Waals surface area contributed by atoms with Crippen molar-refractivity contribution in [2.45, 2.75) is 6.54 Å². The van der Waals surface area contributed by atoms with Gasteiger partial charge in [0.25, 0.3) is 5.91 Å². The monoisotopic (exact) mass is 354 g/mol. The number of hydrogen-bond donors (Lipinski definition) is 1. The van der Waals surface area contributed by atoms with E-state index in [-0.39, 0.29) is 5.91 Å². The van der Waals surface area contributed by atoms with E-state index < -0.39 is 0 Å². The maximum Gasteiger partial charge on any atom is 0.251 e. The number of aromatic nitrogens is 1. The summed E-state index contributed by atoms with van der Waals surface area (Å²) in [6, 6.07) is 13.0. The molecule has 0 aliphatic rings. The number of hydrogen-bond acceptors (Lipinski definition) is 5. The molecule has 3 aromatic rings. The highest BCUT2D eigenvalue weighted by molar-refractivity contribution is 7.13. The third-order valence-electron chi connectivity index (χ3n) is 3.70. The van der Waals surface area contributed by atoms with Crippen LogP contribution in [0.5, 0.6) is 11.5 Å². The second-order valence-corrected chi connectivity index (χ2v) is 6.23. The summed E-state index contributed by atoms with van der Waals surface area (Å²) in [5.74, 6) is 0.947. The fourth-order valence-corrected chi connectivity index (χ4v) is 3.10. The van der Waals surface area contributed by atoms with Gasteiger partial charge in [-0.2, -0.15) is 0 Å². The molecule has 25 heavy (non-hydrogen) atoms. The molecular formula is C19H18N2O3S. The predicted molar refractivity (Wildman–Crippen MR) is 98.3 cm³/mol. The van der Waals surface area contributed by atoms with Gasteiger partial charge in [0.2, 0.25) is 0 Å². The SMILES string of the molecule is COc1ccc(C(=O)NCc2ccnc(-c3cccs3)c2)cc1OC. The molecule has 1 N–H and O–H groups in total. The van der Waals surface area contributed by atoms with Gasteiger partial charge in [-0.1, -0.05) is 6.07 Å². The third-order valence-corrected chi connectivity index (χ3v) is 4.59. The largest absolute Gasteiger partial charge is 0.493 e. The molecule has 0 unspecified atom stereocenters. The third kappa shape index (κ3) is 3.97. The van der Waals surface area contributed by atoms with Gasteiger partial charge < -0.3 is 14.8 Å². The van der Waals surface area contributed by atoms with Gasteiger partial charge in [-0.3, -0.25) is 9.78 Å². The highest BCUT2D eigenvalue weighted by atomic mass is 32.1. The van der Waals surface area contributed by atoms with Crippen molar-refractivity contribution in [1.82, 2.24) is 10.3 Å². The number of carbonyl (C=O) groups excluding carboxylic acids is 1. The van der Waals surface area contributed by atoms with E-state index in [4.69, 9.17) is 9.47 Å². The molecule has 0 radical (unpaired) electrons. The second kappa shape index (κ2) is 7.81. The van der Waals surface area contributed by atoms with Crippen LogP contribution in [0.2, 0.25) is 0 Å². The molecule has 1 amide bonds. The van der Waals surface area contributed by atoms with E-state index >= 15 is 0 Å². The topological polar surface area (TPSA) is 60.5 Å². The summed E-state index contributed by atoms with van der Waals surface area (Å²) in [7, 11) is 3.11. The summed E-state index contributed by atoms with van der Waals surface area (Å²) in [4.78, 5) is 17.9. The van der Waals surface area contributed by atoms with Crippen LogP contribution in [0.15, 0.2) is 54.0 Å². The standard InChI is InChI=1S/C19H18N2O3S/c1-23-16-6-5-14(11-17(16)24-2)19(22)21-12-13-7-8-20-15(10-13)18-4-3-9-25-18/h3-11H,12H2,1-2H3,(H,21,22). The van der Waals surface area contributed by atoms with Gasteiger partial charge in [-0.05, 0) is 47.3 Å². The molecule has 128 valence electrons. The molecule has 0 spiro atoms. The number of ether oxygens (including phenoxy) is 2. The van der Waals surface area contributed by atoms with Crippen molar-refractivity contribution >= 4 is 17.2 Å². The van der Waals surface area contributed by atoms with Crippen molar-refractivity contribution in [3.8, 4) is 22.1 Å². The lowest BCUT2D eigenvalue weighted by atomic mass is 10.1. The lowest BCUT2D eigenvalue weighted by molar-refractivity contribution is 0.0950. The predicted octanol–water partition coefficient (Wildman–Crippen LogP) is 3.76. The number of amides is 1. The first-order valence-corrected chi connectivity index (χ1v) is 8.58. The molecule has 0 aliphatic carbocycles. The van der Waals surface area contributed by atoms with E-state index in [2.05, 4.69) is 10.3 Å². The van der Waals surface area contributed by atoms with Crippen molar-refractivity contribution in [2.24, 2.45) is 0 Å². The minimum absolute atomic E-state index is 0.171. The molecule has 3 rings (SSSR count). The van der Waals surface area contributed by atoms with Gasteiger partial charge in [0.15, 0.2) is 11.5 Å².